The zero-order valence-corrected chi connectivity index (χ0v) is 16.0. The highest BCUT2D eigenvalue weighted by atomic mass is 16.5. The first-order valence-corrected chi connectivity index (χ1v) is 9.32. The average Bonchev–Trinajstić information content (AvgIpc) is 2.66. The van der Waals surface area contributed by atoms with Crippen molar-refractivity contribution in [2.45, 2.75) is 38.3 Å². The van der Waals surface area contributed by atoms with E-state index < -0.39 is 0 Å². The molecule has 3 rings (SSSR count). The Morgan fingerprint density at radius 1 is 1.19 bits per heavy atom. The van der Waals surface area contributed by atoms with Crippen LogP contribution in [-0.2, 0) is 16.1 Å². The van der Waals surface area contributed by atoms with Crippen molar-refractivity contribution in [3.05, 3.63) is 23.8 Å². The zero-order valence-electron chi connectivity index (χ0n) is 16.0. The second kappa shape index (κ2) is 8.27. The number of likely N-dealkylation sites (tertiary alicyclic amines) is 1. The molecule has 6 heteroatoms. The van der Waals surface area contributed by atoms with Gasteiger partial charge in [0.15, 0.2) is 11.5 Å². The molecule has 2 fully saturated rings. The number of amides is 1. The summed E-state index contributed by atoms with van der Waals surface area (Å²) in [4.78, 5) is 14.3. The number of nitrogens with one attached hydrogen (secondary N) is 1. The third-order valence-electron chi connectivity index (χ3n) is 6.01. The van der Waals surface area contributed by atoms with Gasteiger partial charge in [-0.2, -0.15) is 0 Å². The van der Waals surface area contributed by atoms with Crippen LogP contribution >= 0.6 is 0 Å². The predicted molar refractivity (Wildman–Crippen MR) is 99.5 cm³/mol. The number of hydrogen-bond donors (Lipinski definition) is 1. The van der Waals surface area contributed by atoms with E-state index in [0.29, 0.717) is 6.04 Å². The van der Waals surface area contributed by atoms with Gasteiger partial charge in [0.05, 0.1) is 14.2 Å². The van der Waals surface area contributed by atoms with Crippen LogP contribution in [0.1, 0.15) is 31.2 Å². The summed E-state index contributed by atoms with van der Waals surface area (Å²) in [5.74, 6) is 1.60. The molecule has 0 bridgehead atoms. The van der Waals surface area contributed by atoms with E-state index >= 15 is 0 Å². The van der Waals surface area contributed by atoms with Crippen LogP contribution < -0.4 is 14.8 Å². The van der Waals surface area contributed by atoms with Gasteiger partial charge in [0.25, 0.3) is 0 Å². The van der Waals surface area contributed by atoms with Crippen LogP contribution in [0.25, 0.3) is 0 Å². The van der Waals surface area contributed by atoms with Crippen molar-refractivity contribution >= 4 is 5.91 Å². The molecule has 1 saturated carbocycles. The monoisotopic (exact) mass is 362 g/mol. The fraction of sp³-hybridized carbons (Fsp3) is 0.650. The Balaban J connectivity index is 1.57. The second-order valence-corrected chi connectivity index (χ2v) is 7.38. The number of carbonyl (C=O) groups excluding carboxylic acids is 1. The molecule has 6 nitrogen and oxygen atoms in total. The molecule has 1 atom stereocenters. The summed E-state index contributed by atoms with van der Waals surface area (Å²) >= 11 is 0. The smallest absolute Gasteiger partial charge is 0.246 e. The van der Waals surface area contributed by atoms with Crippen molar-refractivity contribution in [2.75, 3.05) is 41.0 Å². The minimum absolute atomic E-state index is 0.000113. The Kier molecular flexibility index (Phi) is 6.04. The van der Waals surface area contributed by atoms with E-state index in [0.717, 1.165) is 56.0 Å². The maximum absolute atomic E-state index is 11.8. The second-order valence-electron chi connectivity index (χ2n) is 7.38. The van der Waals surface area contributed by atoms with Gasteiger partial charge in [-0.05, 0) is 50.3 Å². The third-order valence-corrected chi connectivity index (χ3v) is 6.01. The first-order valence-electron chi connectivity index (χ1n) is 9.32. The summed E-state index contributed by atoms with van der Waals surface area (Å²) in [6.07, 6.45) is 4.54. The van der Waals surface area contributed by atoms with Crippen LogP contribution in [0.4, 0.5) is 0 Å². The van der Waals surface area contributed by atoms with Crippen LogP contribution in [0, 0.1) is 5.41 Å². The van der Waals surface area contributed by atoms with E-state index in [1.807, 2.05) is 12.1 Å². The van der Waals surface area contributed by atoms with E-state index in [1.54, 1.807) is 21.3 Å². The molecular formula is C20H30N2O4. The van der Waals surface area contributed by atoms with Crippen LogP contribution in [0.3, 0.4) is 0 Å². The van der Waals surface area contributed by atoms with E-state index in [-0.39, 0.29) is 17.9 Å². The zero-order chi connectivity index (χ0) is 18.6. The predicted octanol–water partition coefficient (Wildman–Crippen LogP) is 2.21. The molecular weight excluding hydrogens is 332 g/mol. The number of nitrogens with zero attached hydrogens (tertiary/aromatic N) is 1. The highest BCUT2D eigenvalue weighted by molar-refractivity contribution is 5.77. The number of benzene rings is 1. The summed E-state index contributed by atoms with van der Waals surface area (Å²) in [5, 5.41) is 3.16. The molecule has 2 aliphatic rings. The number of ether oxygens (including phenoxy) is 3. The number of methoxy groups -OCH3 is 3. The molecule has 0 aromatic heterocycles. The standard InChI is InChI=1S/C20H30N2O4/c1-24-14-18(23)21-17-7-8-20(17)9-11-22(12-10-20)13-15-5-4-6-16(25-2)19(15)26-3/h4-6,17H,7-14H2,1-3H3,(H,21,23). The summed E-state index contributed by atoms with van der Waals surface area (Å²) in [5.41, 5.74) is 1.43. The average molecular weight is 362 g/mol. The van der Waals surface area contributed by atoms with Gasteiger partial charge >= 0.3 is 0 Å². The van der Waals surface area contributed by atoms with Crippen LogP contribution in [0.2, 0.25) is 0 Å². The maximum atomic E-state index is 11.8. The normalized spacial score (nSPS) is 21.9. The van der Waals surface area contributed by atoms with E-state index in [1.165, 1.54) is 6.42 Å². The Hall–Kier alpha value is -1.79. The number of hydrogen-bond acceptors (Lipinski definition) is 5. The quantitative estimate of drug-likeness (QED) is 0.806. The summed E-state index contributed by atoms with van der Waals surface area (Å²) in [6, 6.07) is 6.34. The van der Waals surface area contributed by atoms with E-state index in [4.69, 9.17) is 14.2 Å². The number of para-hydroxylation sites is 1. The molecule has 0 radical (unpaired) electrons. The minimum Gasteiger partial charge on any atom is -0.493 e. The Morgan fingerprint density at radius 3 is 2.54 bits per heavy atom. The first-order chi connectivity index (χ1) is 12.6. The number of rotatable bonds is 7. The van der Waals surface area contributed by atoms with Crippen LogP contribution in [-0.4, -0.2) is 57.9 Å². The summed E-state index contributed by atoms with van der Waals surface area (Å²) < 4.78 is 15.9. The van der Waals surface area contributed by atoms with Crippen molar-refractivity contribution < 1.29 is 19.0 Å². The molecule has 1 spiro atoms. The minimum atomic E-state index is 0.000113. The van der Waals surface area contributed by atoms with Gasteiger partial charge in [-0.25, -0.2) is 0 Å². The van der Waals surface area contributed by atoms with Crippen LogP contribution in [0.5, 0.6) is 11.5 Å². The SMILES string of the molecule is COCC(=O)NC1CCC12CCN(Cc1cccc(OC)c1OC)CC2. The lowest BCUT2D eigenvalue weighted by atomic mass is 9.59. The number of piperidine rings is 1. The summed E-state index contributed by atoms with van der Waals surface area (Å²) in [6.45, 7) is 3.08. The molecule has 144 valence electrons. The van der Waals surface area contributed by atoms with Crippen molar-refractivity contribution in [3.63, 3.8) is 0 Å². The van der Waals surface area contributed by atoms with Gasteiger partial charge in [0.2, 0.25) is 5.91 Å². The van der Waals surface area contributed by atoms with Crippen LogP contribution in [0.15, 0.2) is 18.2 Å². The van der Waals surface area contributed by atoms with E-state index in [2.05, 4.69) is 16.3 Å². The van der Waals surface area contributed by atoms with Gasteiger partial charge in [0.1, 0.15) is 6.61 Å². The van der Waals surface area contributed by atoms with Crippen molar-refractivity contribution in [2.24, 2.45) is 5.41 Å². The first kappa shape index (κ1) is 19.0. The Morgan fingerprint density at radius 2 is 1.96 bits per heavy atom. The summed E-state index contributed by atoms with van der Waals surface area (Å²) in [7, 11) is 4.91. The molecule has 1 aromatic carbocycles. The lowest BCUT2D eigenvalue weighted by molar-refractivity contribution is -0.129. The molecule has 1 aliphatic heterocycles. The molecule has 1 heterocycles. The maximum Gasteiger partial charge on any atom is 0.246 e. The largest absolute Gasteiger partial charge is 0.493 e. The third kappa shape index (κ3) is 3.81. The van der Waals surface area contributed by atoms with Gasteiger partial charge in [0, 0.05) is 25.3 Å². The molecule has 1 unspecified atom stereocenters. The molecule has 26 heavy (non-hydrogen) atoms. The highest BCUT2D eigenvalue weighted by Crippen LogP contribution is 2.49. The Labute approximate surface area is 155 Å². The molecule has 1 amide bonds. The molecule has 1 N–H and O–H groups in total. The van der Waals surface area contributed by atoms with Gasteiger partial charge in [-0.15, -0.1) is 0 Å². The fourth-order valence-electron chi connectivity index (χ4n) is 4.36. The van der Waals surface area contributed by atoms with E-state index in [9.17, 15) is 4.79 Å². The van der Waals surface area contributed by atoms with Crippen molar-refractivity contribution in [1.82, 2.24) is 10.2 Å². The Bertz CT molecular complexity index is 626. The lowest BCUT2D eigenvalue weighted by Crippen LogP contribution is -2.59. The number of carbonyl (C=O) groups is 1. The fourth-order valence-corrected chi connectivity index (χ4v) is 4.36. The van der Waals surface area contributed by atoms with Gasteiger partial charge in [-0.1, -0.05) is 12.1 Å². The molecule has 1 aromatic rings. The van der Waals surface area contributed by atoms with Crippen molar-refractivity contribution in [3.8, 4) is 11.5 Å². The topological polar surface area (TPSA) is 60.0 Å². The van der Waals surface area contributed by atoms with Gasteiger partial charge < -0.3 is 19.5 Å². The molecule has 1 saturated heterocycles. The van der Waals surface area contributed by atoms with Gasteiger partial charge in [-0.3, -0.25) is 9.69 Å². The molecule has 1 aliphatic carbocycles. The lowest BCUT2D eigenvalue weighted by Gasteiger charge is -2.54. The van der Waals surface area contributed by atoms with Crippen molar-refractivity contribution in [1.29, 1.82) is 0 Å². The highest BCUT2D eigenvalue weighted by Gasteiger charge is 2.48.